The van der Waals surface area contributed by atoms with Crippen LogP contribution in [0.4, 0.5) is 16.2 Å². The molecule has 5 rings (SSSR count). The summed E-state index contributed by atoms with van der Waals surface area (Å²) in [6.45, 7) is 4.51. The molecule has 2 amide bonds. The second kappa shape index (κ2) is 15.4. The van der Waals surface area contributed by atoms with Crippen LogP contribution in [-0.4, -0.2) is 74.6 Å². The van der Waals surface area contributed by atoms with Crippen molar-refractivity contribution >= 4 is 29.2 Å². The zero-order chi connectivity index (χ0) is 29.9. The van der Waals surface area contributed by atoms with E-state index in [2.05, 4.69) is 26.2 Å². The number of amides is 2. The van der Waals surface area contributed by atoms with Gasteiger partial charge in [-0.2, -0.15) is 0 Å². The molecule has 1 aliphatic carbocycles. The predicted molar refractivity (Wildman–Crippen MR) is 169 cm³/mol. The lowest BCUT2D eigenvalue weighted by Gasteiger charge is -2.31. The van der Waals surface area contributed by atoms with Crippen molar-refractivity contribution in [3.8, 4) is 11.1 Å². The van der Waals surface area contributed by atoms with E-state index in [4.69, 9.17) is 4.74 Å². The van der Waals surface area contributed by atoms with E-state index in [0.29, 0.717) is 17.8 Å². The molecule has 4 N–H and O–H groups in total. The second-order valence-electron chi connectivity index (χ2n) is 11.3. The van der Waals surface area contributed by atoms with Gasteiger partial charge in [-0.05, 0) is 61.9 Å². The number of anilines is 2. The van der Waals surface area contributed by atoms with Gasteiger partial charge in [0.15, 0.2) is 5.78 Å². The molecule has 9 heteroatoms. The molecular weight excluding hydrogens is 542 g/mol. The van der Waals surface area contributed by atoms with Crippen LogP contribution in [-0.2, 0) is 9.53 Å². The van der Waals surface area contributed by atoms with Crippen LogP contribution in [0.2, 0.25) is 0 Å². The Balaban J connectivity index is 0.969. The standard InChI is InChI=1S/C34H41N5O4/c40-32(27-9-6-10-28(21-27)37-33(41)24-36-22-25-13-14-25)23-35-17-20-39-18-15-29(16-19-39)43-34(42)38-31-12-5-4-11-30(31)26-7-2-1-3-8-26/h1-12,21,25,29,35-36H,13-20,22-24H2,(H,37,41)(H,38,42). The highest BCUT2D eigenvalue weighted by Crippen LogP contribution is 2.28. The van der Waals surface area contributed by atoms with Crippen LogP contribution in [0, 0.1) is 5.92 Å². The second-order valence-corrected chi connectivity index (χ2v) is 11.3. The molecule has 3 aromatic rings. The first kappa shape index (κ1) is 30.4. The zero-order valence-corrected chi connectivity index (χ0v) is 24.5. The lowest BCUT2D eigenvalue weighted by molar-refractivity contribution is -0.115. The minimum absolute atomic E-state index is 0.0186. The molecule has 3 aromatic carbocycles. The van der Waals surface area contributed by atoms with Crippen LogP contribution < -0.4 is 21.3 Å². The summed E-state index contributed by atoms with van der Waals surface area (Å²) in [7, 11) is 0. The lowest BCUT2D eigenvalue weighted by Crippen LogP contribution is -2.42. The zero-order valence-electron chi connectivity index (χ0n) is 24.5. The Morgan fingerprint density at radius 3 is 2.35 bits per heavy atom. The third-order valence-corrected chi connectivity index (χ3v) is 7.83. The Kier molecular flexibility index (Phi) is 10.9. The Morgan fingerprint density at radius 2 is 1.56 bits per heavy atom. The minimum Gasteiger partial charge on any atom is -0.446 e. The third-order valence-electron chi connectivity index (χ3n) is 7.83. The number of piperidine rings is 1. The van der Waals surface area contributed by atoms with Crippen molar-refractivity contribution in [2.75, 3.05) is 56.4 Å². The maximum atomic E-state index is 12.7. The molecule has 43 heavy (non-hydrogen) atoms. The first-order valence-corrected chi connectivity index (χ1v) is 15.2. The largest absolute Gasteiger partial charge is 0.446 e. The van der Waals surface area contributed by atoms with E-state index in [1.54, 1.807) is 24.3 Å². The van der Waals surface area contributed by atoms with E-state index in [0.717, 1.165) is 61.8 Å². The van der Waals surface area contributed by atoms with Gasteiger partial charge in [0.05, 0.1) is 18.8 Å². The van der Waals surface area contributed by atoms with Crippen molar-refractivity contribution in [3.63, 3.8) is 0 Å². The SMILES string of the molecule is O=C(CNCC1CC1)Nc1cccc(C(=O)CNCCN2CCC(OC(=O)Nc3ccccc3-c3ccccc3)CC2)c1. The third kappa shape index (κ3) is 9.74. The molecule has 0 atom stereocenters. The molecule has 2 fully saturated rings. The average Bonchev–Trinajstić information content (AvgIpc) is 3.85. The van der Waals surface area contributed by atoms with E-state index in [9.17, 15) is 14.4 Å². The number of likely N-dealkylation sites (tertiary alicyclic amines) is 1. The average molecular weight is 584 g/mol. The van der Waals surface area contributed by atoms with Crippen LogP contribution in [0.1, 0.15) is 36.0 Å². The molecule has 0 radical (unpaired) electrons. The normalized spacial score (nSPS) is 15.5. The molecule has 2 aliphatic rings. The number of para-hydroxylation sites is 1. The van der Waals surface area contributed by atoms with Gasteiger partial charge in [-0.15, -0.1) is 0 Å². The quantitative estimate of drug-likeness (QED) is 0.160. The number of carbonyl (C=O) groups excluding carboxylic acids is 3. The highest BCUT2D eigenvalue weighted by Gasteiger charge is 2.23. The Bertz CT molecular complexity index is 1370. The molecule has 1 aliphatic heterocycles. The summed E-state index contributed by atoms with van der Waals surface area (Å²) < 4.78 is 5.74. The van der Waals surface area contributed by atoms with Crippen LogP contribution in [0.3, 0.4) is 0 Å². The van der Waals surface area contributed by atoms with Crippen molar-refractivity contribution in [2.24, 2.45) is 5.92 Å². The summed E-state index contributed by atoms with van der Waals surface area (Å²) in [6.07, 6.45) is 3.45. The Labute approximate surface area is 253 Å². The van der Waals surface area contributed by atoms with Gasteiger partial charge in [-0.25, -0.2) is 4.79 Å². The van der Waals surface area contributed by atoms with E-state index < -0.39 is 6.09 Å². The van der Waals surface area contributed by atoms with Gasteiger partial charge in [0.25, 0.3) is 0 Å². The van der Waals surface area contributed by atoms with Crippen molar-refractivity contribution < 1.29 is 19.1 Å². The predicted octanol–water partition coefficient (Wildman–Crippen LogP) is 4.78. The van der Waals surface area contributed by atoms with Gasteiger partial charge < -0.3 is 25.6 Å². The molecule has 1 saturated carbocycles. The maximum absolute atomic E-state index is 12.7. The summed E-state index contributed by atoms with van der Waals surface area (Å²) >= 11 is 0. The number of benzene rings is 3. The van der Waals surface area contributed by atoms with Crippen LogP contribution in [0.15, 0.2) is 78.9 Å². The van der Waals surface area contributed by atoms with Crippen molar-refractivity contribution in [2.45, 2.75) is 31.8 Å². The molecule has 0 spiro atoms. The fourth-order valence-electron chi connectivity index (χ4n) is 5.23. The molecule has 0 aromatic heterocycles. The van der Waals surface area contributed by atoms with Crippen molar-refractivity contribution in [3.05, 3.63) is 84.4 Å². The van der Waals surface area contributed by atoms with Gasteiger partial charge in [-0.3, -0.25) is 14.9 Å². The molecule has 1 heterocycles. The van der Waals surface area contributed by atoms with Crippen LogP contribution >= 0.6 is 0 Å². The summed E-state index contributed by atoms with van der Waals surface area (Å²) in [5.74, 6) is 0.594. The first-order chi connectivity index (χ1) is 21.0. The molecule has 9 nitrogen and oxygen atoms in total. The fourth-order valence-corrected chi connectivity index (χ4v) is 5.23. The van der Waals surface area contributed by atoms with Crippen LogP contribution in [0.5, 0.6) is 0 Å². The Morgan fingerprint density at radius 1 is 0.791 bits per heavy atom. The minimum atomic E-state index is -0.434. The molecule has 0 bridgehead atoms. The molecule has 1 saturated heterocycles. The number of ether oxygens (including phenoxy) is 1. The number of hydrogen-bond acceptors (Lipinski definition) is 7. The van der Waals surface area contributed by atoms with E-state index >= 15 is 0 Å². The van der Waals surface area contributed by atoms with Crippen molar-refractivity contribution in [1.82, 2.24) is 15.5 Å². The van der Waals surface area contributed by atoms with E-state index in [1.807, 2.05) is 54.6 Å². The number of ketones is 1. The van der Waals surface area contributed by atoms with Gasteiger partial charge in [0.2, 0.25) is 5.91 Å². The number of nitrogens with zero attached hydrogens (tertiary/aromatic N) is 1. The highest BCUT2D eigenvalue weighted by molar-refractivity contribution is 6.00. The van der Waals surface area contributed by atoms with Gasteiger partial charge in [0.1, 0.15) is 6.10 Å². The highest BCUT2D eigenvalue weighted by atomic mass is 16.6. The molecule has 0 unspecified atom stereocenters. The Hall–Kier alpha value is -4.05. The lowest BCUT2D eigenvalue weighted by atomic mass is 10.0. The summed E-state index contributed by atoms with van der Waals surface area (Å²) in [4.78, 5) is 39.9. The first-order valence-electron chi connectivity index (χ1n) is 15.2. The summed E-state index contributed by atoms with van der Waals surface area (Å²) in [6, 6.07) is 24.7. The van der Waals surface area contributed by atoms with Crippen molar-refractivity contribution in [1.29, 1.82) is 0 Å². The monoisotopic (exact) mass is 583 g/mol. The van der Waals surface area contributed by atoms with Gasteiger partial charge in [0, 0.05) is 43.0 Å². The fraction of sp³-hybridized carbons (Fsp3) is 0.382. The van der Waals surface area contributed by atoms with Crippen LogP contribution in [0.25, 0.3) is 11.1 Å². The van der Waals surface area contributed by atoms with Gasteiger partial charge >= 0.3 is 6.09 Å². The number of carbonyl (C=O) groups is 3. The number of Topliss-reactive ketones (excluding diaryl/α,β-unsaturated/α-hetero) is 1. The number of hydrogen-bond donors (Lipinski definition) is 4. The summed E-state index contributed by atoms with van der Waals surface area (Å²) in [5.41, 5.74) is 3.91. The van der Waals surface area contributed by atoms with E-state index in [1.165, 1.54) is 12.8 Å². The van der Waals surface area contributed by atoms with E-state index in [-0.39, 0.29) is 30.9 Å². The van der Waals surface area contributed by atoms with Gasteiger partial charge in [-0.1, -0.05) is 60.7 Å². The molecule has 226 valence electrons. The molecular formula is C34H41N5O4. The summed E-state index contributed by atoms with van der Waals surface area (Å²) in [5, 5.41) is 12.2. The topological polar surface area (TPSA) is 112 Å². The smallest absolute Gasteiger partial charge is 0.411 e. The number of nitrogens with one attached hydrogen (secondary N) is 4. The maximum Gasteiger partial charge on any atom is 0.411 e. The number of rotatable bonds is 14.